The van der Waals surface area contributed by atoms with Gasteiger partial charge < -0.3 is 0 Å². The van der Waals surface area contributed by atoms with Crippen LogP contribution in [0, 0.1) is 0 Å². The Morgan fingerprint density at radius 1 is 0.789 bits per heavy atom. The molecule has 0 aliphatic rings. The monoisotopic (exact) mass is 262 g/mol. The predicted molar refractivity (Wildman–Crippen MR) is 70.7 cm³/mol. The normalized spacial score (nSPS) is 13.6. The molecular formula is C16H13F3. The summed E-state index contributed by atoms with van der Waals surface area (Å²) < 4.78 is 39.2. The molecule has 98 valence electrons. The van der Waals surface area contributed by atoms with E-state index in [-0.39, 0.29) is 5.56 Å². The average Bonchev–Trinajstić information content (AvgIpc) is 2.40. The first kappa shape index (κ1) is 13.4. The summed E-state index contributed by atoms with van der Waals surface area (Å²) in [6.45, 7) is 0. The van der Waals surface area contributed by atoms with Crippen LogP contribution in [0.2, 0.25) is 0 Å². The quantitative estimate of drug-likeness (QED) is 0.726. The third kappa shape index (κ3) is 3.71. The van der Waals surface area contributed by atoms with Gasteiger partial charge in [0.1, 0.15) is 0 Å². The molecule has 19 heavy (non-hydrogen) atoms. The van der Waals surface area contributed by atoms with Gasteiger partial charge in [-0.1, -0.05) is 72.8 Å². The van der Waals surface area contributed by atoms with Crippen LogP contribution < -0.4 is 0 Å². The van der Waals surface area contributed by atoms with Crippen LogP contribution in [-0.2, 0) is 0 Å². The van der Waals surface area contributed by atoms with Gasteiger partial charge in [0.2, 0.25) is 0 Å². The first-order chi connectivity index (χ1) is 9.07. The summed E-state index contributed by atoms with van der Waals surface area (Å²) in [5.74, 6) is -1.58. The molecule has 0 N–H and O–H groups in total. The van der Waals surface area contributed by atoms with Crippen LogP contribution >= 0.6 is 0 Å². The molecule has 0 aromatic heterocycles. The zero-order chi connectivity index (χ0) is 13.7. The van der Waals surface area contributed by atoms with Gasteiger partial charge in [-0.2, -0.15) is 13.2 Å². The Balaban J connectivity index is 2.28. The molecule has 0 nitrogen and oxygen atoms in total. The Morgan fingerprint density at radius 3 is 1.84 bits per heavy atom. The molecule has 0 bridgehead atoms. The zero-order valence-electron chi connectivity index (χ0n) is 10.1. The fourth-order valence-electron chi connectivity index (χ4n) is 1.84. The fraction of sp³-hybridized carbons (Fsp3) is 0.125. The van der Waals surface area contributed by atoms with E-state index < -0.39 is 12.1 Å². The lowest BCUT2D eigenvalue weighted by Gasteiger charge is -2.17. The van der Waals surface area contributed by atoms with Crippen LogP contribution in [0.4, 0.5) is 13.2 Å². The maximum absolute atomic E-state index is 13.1. The number of alkyl halides is 3. The van der Waals surface area contributed by atoms with Gasteiger partial charge in [0, 0.05) is 0 Å². The van der Waals surface area contributed by atoms with Crippen molar-refractivity contribution in [2.24, 2.45) is 0 Å². The van der Waals surface area contributed by atoms with Crippen molar-refractivity contribution in [3.63, 3.8) is 0 Å². The lowest BCUT2D eigenvalue weighted by molar-refractivity contribution is -0.139. The van der Waals surface area contributed by atoms with Crippen LogP contribution in [0.3, 0.4) is 0 Å². The highest BCUT2D eigenvalue weighted by atomic mass is 19.4. The Labute approximate surface area is 110 Å². The molecule has 2 aromatic carbocycles. The number of halogens is 3. The Morgan fingerprint density at radius 2 is 1.32 bits per heavy atom. The van der Waals surface area contributed by atoms with Gasteiger partial charge in [-0.3, -0.25) is 0 Å². The molecule has 0 fully saturated rings. The van der Waals surface area contributed by atoms with Crippen molar-refractivity contribution in [2.45, 2.75) is 12.1 Å². The van der Waals surface area contributed by atoms with Crippen molar-refractivity contribution in [3.8, 4) is 0 Å². The highest BCUT2D eigenvalue weighted by molar-refractivity contribution is 5.50. The summed E-state index contributed by atoms with van der Waals surface area (Å²) in [4.78, 5) is 0. The van der Waals surface area contributed by atoms with E-state index in [0.717, 1.165) is 5.56 Å². The molecule has 0 aliphatic heterocycles. The van der Waals surface area contributed by atoms with Crippen molar-refractivity contribution in [1.29, 1.82) is 0 Å². The molecular weight excluding hydrogens is 249 g/mol. The van der Waals surface area contributed by atoms with Crippen molar-refractivity contribution in [1.82, 2.24) is 0 Å². The van der Waals surface area contributed by atoms with Crippen molar-refractivity contribution < 1.29 is 13.2 Å². The van der Waals surface area contributed by atoms with Gasteiger partial charge in [-0.05, 0) is 11.1 Å². The van der Waals surface area contributed by atoms with Crippen LogP contribution in [0.5, 0.6) is 0 Å². The van der Waals surface area contributed by atoms with Crippen LogP contribution in [0.1, 0.15) is 17.0 Å². The van der Waals surface area contributed by atoms with E-state index in [0.29, 0.717) is 0 Å². The molecule has 2 rings (SSSR count). The molecule has 0 saturated heterocycles. The summed E-state index contributed by atoms with van der Waals surface area (Å²) in [6, 6.07) is 16.9. The number of allylic oxidation sites excluding steroid dienone is 1. The minimum atomic E-state index is -4.29. The molecule has 0 aliphatic carbocycles. The number of rotatable bonds is 3. The van der Waals surface area contributed by atoms with Gasteiger partial charge in [0.05, 0.1) is 5.92 Å². The van der Waals surface area contributed by atoms with Crippen LogP contribution in [0.25, 0.3) is 6.08 Å². The molecule has 1 unspecified atom stereocenters. The lowest BCUT2D eigenvalue weighted by Crippen LogP contribution is -2.18. The third-order valence-corrected chi connectivity index (χ3v) is 2.79. The summed E-state index contributed by atoms with van der Waals surface area (Å²) in [6.07, 6.45) is -1.58. The Kier molecular flexibility index (Phi) is 4.05. The average molecular weight is 262 g/mol. The first-order valence-corrected chi connectivity index (χ1v) is 5.92. The van der Waals surface area contributed by atoms with E-state index in [9.17, 15) is 13.2 Å². The smallest absolute Gasteiger partial charge is 0.170 e. The van der Waals surface area contributed by atoms with E-state index in [2.05, 4.69) is 0 Å². The molecule has 0 saturated carbocycles. The van der Waals surface area contributed by atoms with Gasteiger partial charge in [-0.25, -0.2) is 0 Å². The van der Waals surface area contributed by atoms with Crippen molar-refractivity contribution >= 4 is 6.08 Å². The molecule has 1 atom stereocenters. The minimum Gasteiger partial charge on any atom is -0.170 e. The topological polar surface area (TPSA) is 0 Å². The van der Waals surface area contributed by atoms with E-state index in [1.54, 1.807) is 42.5 Å². The second-order valence-electron chi connectivity index (χ2n) is 4.20. The summed E-state index contributed by atoms with van der Waals surface area (Å²) in [7, 11) is 0. The van der Waals surface area contributed by atoms with Crippen LogP contribution in [-0.4, -0.2) is 6.18 Å². The van der Waals surface area contributed by atoms with Crippen LogP contribution in [0.15, 0.2) is 66.7 Å². The second-order valence-corrected chi connectivity index (χ2v) is 4.20. The molecule has 0 spiro atoms. The first-order valence-electron chi connectivity index (χ1n) is 5.92. The van der Waals surface area contributed by atoms with E-state index in [1.807, 2.05) is 6.07 Å². The predicted octanol–water partition coefficient (Wildman–Crippen LogP) is 5.05. The van der Waals surface area contributed by atoms with E-state index in [1.165, 1.54) is 24.3 Å². The van der Waals surface area contributed by atoms with Gasteiger partial charge in [0.25, 0.3) is 0 Å². The number of hydrogen-bond acceptors (Lipinski definition) is 0. The van der Waals surface area contributed by atoms with E-state index in [4.69, 9.17) is 0 Å². The largest absolute Gasteiger partial charge is 0.399 e. The number of hydrogen-bond donors (Lipinski definition) is 0. The summed E-state index contributed by atoms with van der Waals surface area (Å²) in [5.41, 5.74) is 1.01. The van der Waals surface area contributed by atoms with Gasteiger partial charge in [-0.15, -0.1) is 0 Å². The summed E-state index contributed by atoms with van der Waals surface area (Å²) >= 11 is 0. The van der Waals surface area contributed by atoms with Crippen molar-refractivity contribution in [2.75, 3.05) is 0 Å². The number of benzene rings is 2. The maximum atomic E-state index is 13.1. The van der Waals surface area contributed by atoms with Gasteiger partial charge in [0.15, 0.2) is 0 Å². The minimum absolute atomic E-state index is 0.252. The SMILES string of the molecule is FC(F)(F)C(/C=C/c1ccccc1)c1ccccc1. The van der Waals surface area contributed by atoms with Crippen molar-refractivity contribution in [3.05, 3.63) is 77.9 Å². The molecule has 0 amide bonds. The molecule has 0 radical (unpaired) electrons. The van der Waals surface area contributed by atoms with E-state index >= 15 is 0 Å². The lowest BCUT2D eigenvalue weighted by atomic mass is 9.97. The Bertz CT molecular complexity index is 527. The highest BCUT2D eigenvalue weighted by Crippen LogP contribution is 2.36. The second kappa shape index (κ2) is 5.74. The standard InChI is InChI=1S/C16H13F3/c17-16(18,19)15(14-9-5-2-6-10-14)12-11-13-7-3-1-4-8-13/h1-12,15H/b12-11+. The molecule has 3 heteroatoms. The Hall–Kier alpha value is -2.03. The molecule has 0 heterocycles. The third-order valence-electron chi connectivity index (χ3n) is 2.79. The zero-order valence-corrected chi connectivity index (χ0v) is 10.1. The van der Waals surface area contributed by atoms with Gasteiger partial charge >= 0.3 is 6.18 Å². The molecule has 2 aromatic rings. The summed E-state index contributed by atoms with van der Waals surface area (Å²) in [5, 5.41) is 0. The maximum Gasteiger partial charge on any atom is 0.399 e. The fourth-order valence-corrected chi connectivity index (χ4v) is 1.84. The highest BCUT2D eigenvalue weighted by Gasteiger charge is 2.38.